The molecule has 0 aromatic rings. The van der Waals surface area contributed by atoms with Gasteiger partial charge in [-0.1, -0.05) is 0 Å². The first-order valence-electron chi connectivity index (χ1n) is 5.40. The summed E-state index contributed by atoms with van der Waals surface area (Å²) in [4.78, 5) is 0. The Morgan fingerprint density at radius 1 is 1.57 bits per heavy atom. The third-order valence-corrected chi connectivity index (χ3v) is 3.68. The molecule has 1 heterocycles. The number of rotatable bonds is 5. The van der Waals surface area contributed by atoms with Gasteiger partial charge in [0, 0.05) is 24.5 Å². The Hall–Kier alpha value is 0.210. The highest BCUT2D eigenvalue weighted by molar-refractivity contribution is 6.18. The van der Waals surface area contributed by atoms with E-state index >= 15 is 0 Å². The van der Waals surface area contributed by atoms with Crippen molar-refractivity contribution in [3.8, 4) is 0 Å². The highest BCUT2D eigenvalue weighted by Crippen LogP contribution is 2.39. The smallest absolute Gasteiger partial charge is 0.0616 e. The number of ether oxygens (including phenoxy) is 2. The van der Waals surface area contributed by atoms with E-state index in [1.54, 1.807) is 0 Å². The van der Waals surface area contributed by atoms with Gasteiger partial charge in [0.25, 0.3) is 0 Å². The van der Waals surface area contributed by atoms with Crippen molar-refractivity contribution < 1.29 is 9.47 Å². The summed E-state index contributed by atoms with van der Waals surface area (Å²) >= 11 is 6.04. The second-order valence-corrected chi connectivity index (χ2v) is 4.70. The van der Waals surface area contributed by atoms with E-state index in [2.05, 4.69) is 20.8 Å². The van der Waals surface area contributed by atoms with Crippen LogP contribution in [0.3, 0.4) is 0 Å². The van der Waals surface area contributed by atoms with Crippen molar-refractivity contribution in [1.29, 1.82) is 0 Å². The second kappa shape index (κ2) is 5.34. The molecule has 2 nitrogen and oxygen atoms in total. The molecule has 0 radical (unpaired) electrons. The number of alkyl halides is 1. The summed E-state index contributed by atoms with van der Waals surface area (Å²) in [6.45, 7) is 7.86. The average Bonchev–Trinajstić information content (AvgIpc) is 2.48. The van der Waals surface area contributed by atoms with Crippen LogP contribution in [0.25, 0.3) is 0 Å². The Morgan fingerprint density at radius 3 is 2.71 bits per heavy atom. The first-order chi connectivity index (χ1) is 6.60. The van der Waals surface area contributed by atoms with Gasteiger partial charge in [0.1, 0.15) is 0 Å². The summed E-state index contributed by atoms with van der Waals surface area (Å²) in [5, 5.41) is 0. The van der Waals surface area contributed by atoms with Gasteiger partial charge in [0.05, 0.1) is 12.2 Å². The summed E-state index contributed by atoms with van der Waals surface area (Å²) in [6.07, 6.45) is 2.66. The quantitative estimate of drug-likeness (QED) is 0.664. The molecule has 0 spiro atoms. The van der Waals surface area contributed by atoms with E-state index in [1.165, 1.54) is 0 Å². The molecule has 0 bridgehead atoms. The Bertz CT molecular complexity index is 173. The standard InChI is InChI=1S/C11H21ClO2/c1-9(2)13-6-4-11(8-12)5-7-14-10(11)3/h9-10H,4-8H2,1-3H3. The van der Waals surface area contributed by atoms with E-state index in [1.807, 2.05) is 0 Å². The Labute approximate surface area is 91.9 Å². The Kier molecular flexibility index (Phi) is 4.68. The van der Waals surface area contributed by atoms with Gasteiger partial charge >= 0.3 is 0 Å². The van der Waals surface area contributed by atoms with E-state index < -0.39 is 0 Å². The highest BCUT2D eigenvalue weighted by Gasteiger charge is 2.40. The minimum atomic E-state index is 0.149. The molecular formula is C11H21ClO2. The fourth-order valence-corrected chi connectivity index (χ4v) is 2.37. The lowest BCUT2D eigenvalue weighted by atomic mass is 9.81. The largest absolute Gasteiger partial charge is 0.379 e. The average molecular weight is 221 g/mol. The lowest BCUT2D eigenvalue weighted by Gasteiger charge is -2.30. The zero-order valence-electron chi connectivity index (χ0n) is 9.38. The Morgan fingerprint density at radius 2 is 2.29 bits per heavy atom. The van der Waals surface area contributed by atoms with Crippen molar-refractivity contribution in [2.45, 2.75) is 45.8 Å². The number of hydrogen-bond donors (Lipinski definition) is 0. The molecule has 0 aliphatic carbocycles. The van der Waals surface area contributed by atoms with Crippen LogP contribution < -0.4 is 0 Å². The molecule has 0 aromatic heterocycles. The number of halogens is 1. The van der Waals surface area contributed by atoms with Crippen molar-refractivity contribution in [2.24, 2.45) is 5.41 Å². The molecule has 0 N–H and O–H groups in total. The van der Waals surface area contributed by atoms with Crippen molar-refractivity contribution in [2.75, 3.05) is 19.1 Å². The van der Waals surface area contributed by atoms with Crippen molar-refractivity contribution >= 4 is 11.6 Å². The third kappa shape index (κ3) is 2.85. The van der Waals surface area contributed by atoms with Gasteiger partial charge in [0.2, 0.25) is 0 Å². The summed E-state index contributed by atoms with van der Waals surface area (Å²) in [5.74, 6) is 0.676. The molecule has 14 heavy (non-hydrogen) atoms. The molecule has 3 heteroatoms. The zero-order valence-corrected chi connectivity index (χ0v) is 10.1. The fraction of sp³-hybridized carbons (Fsp3) is 1.00. The van der Waals surface area contributed by atoms with Crippen LogP contribution in [0.4, 0.5) is 0 Å². The maximum Gasteiger partial charge on any atom is 0.0616 e. The first kappa shape index (κ1) is 12.3. The highest BCUT2D eigenvalue weighted by atomic mass is 35.5. The molecule has 0 aromatic carbocycles. The second-order valence-electron chi connectivity index (χ2n) is 4.43. The van der Waals surface area contributed by atoms with Gasteiger partial charge in [-0.3, -0.25) is 0 Å². The van der Waals surface area contributed by atoms with Gasteiger partial charge in [-0.05, 0) is 33.6 Å². The van der Waals surface area contributed by atoms with Crippen LogP contribution in [-0.2, 0) is 9.47 Å². The molecule has 1 saturated heterocycles. The van der Waals surface area contributed by atoms with E-state index in [9.17, 15) is 0 Å². The lowest BCUT2D eigenvalue weighted by Crippen LogP contribution is -2.32. The monoisotopic (exact) mass is 220 g/mol. The van der Waals surface area contributed by atoms with Crippen molar-refractivity contribution in [1.82, 2.24) is 0 Å². The maximum atomic E-state index is 6.04. The van der Waals surface area contributed by atoms with E-state index in [0.717, 1.165) is 26.1 Å². The minimum absolute atomic E-state index is 0.149. The van der Waals surface area contributed by atoms with Crippen LogP contribution in [0.5, 0.6) is 0 Å². The molecule has 0 amide bonds. The summed E-state index contributed by atoms with van der Waals surface area (Å²) in [7, 11) is 0. The molecule has 1 rings (SSSR count). The molecule has 1 fully saturated rings. The predicted octanol–water partition coefficient (Wildman–Crippen LogP) is 2.84. The number of hydrogen-bond acceptors (Lipinski definition) is 2. The maximum absolute atomic E-state index is 6.04. The Balaban J connectivity index is 2.37. The van der Waals surface area contributed by atoms with Gasteiger partial charge in [-0.25, -0.2) is 0 Å². The molecule has 84 valence electrons. The van der Waals surface area contributed by atoms with Crippen molar-refractivity contribution in [3.05, 3.63) is 0 Å². The van der Waals surface area contributed by atoms with Gasteiger partial charge < -0.3 is 9.47 Å². The topological polar surface area (TPSA) is 18.5 Å². The van der Waals surface area contributed by atoms with Crippen LogP contribution in [0.15, 0.2) is 0 Å². The molecule has 2 unspecified atom stereocenters. The third-order valence-electron chi connectivity index (χ3n) is 3.15. The molecule has 1 aliphatic heterocycles. The summed E-state index contributed by atoms with van der Waals surface area (Å²) < 4.78 is 11.1. The predicted molar refractivity (Wildman–Crippen MR) is 58.9 cm³/mol. The van der Waals surface area contributed by atoms with E-state index in [0.29, 0.717) is 12.0 Å². The molecular weight excluding hydrogens is 200 g/mol. The lowest BCUT2D eigenvalue weighted by molar-refractivity contribution is 0.0254. The van der Waals surface area contributed by atoms with Crippen LogP contribution in [-0.4, -0.2) is 31.3 Å². The summed E-state index contributed by atoms with van der Waals surface area (Å²) in [6, 6.07) is 0. The minimum Gasteiger partial charge on any atom is -0.379 e. The van der Waals surface area contributed by atoms with Crippen LogP contribution in [0, 0.1) is 5.41 Å². The van der Waals surface area contributed by atoms with Gasteiger partial charge in [0.15, 0.2) is 0 Å². The molecule has 0 saturated carbocycles. The first-order valence-corrected chi connectivity index (χ1v) is 5.93. The van der Waals surface area contributed by atoms with Gasteiger partial charge in [-0.15, -0.1) is 11.6 Å². The van der Waals surface area contributed by atoms with Gasteiger partial charge in [-0.2, -0.15) is 0 Å². The molecule has 2 atom stereocenters. The van der Waals surface area contributed by atoms with Crippen LogP contribution in [0.1, 0.15) is 33.6 Å². The SMILES string of the molecule is CC(C)OCCC1(CCl)CCOC1C. The van der Waals surface area contributed by atoms with E-state index in [4.69, 9.17) is 21.1 Å². The normalized spacial score (nSPS) is 32.8. The van der Waals surface area contributed by atoms with E-state index in [-0.39, 0.29) is 11.5 Å². The fourth-order valence-electron chi connectivity index (χ4n) is 1.89. The zero-order chi connectivity index (χ0) is 10.6. The van der Waals surface area contributed by atoms with Crippen LogP contribution >= 0.6 is 11.6 Å². The molecule has 1 aliphatic rings. The van der Waals surface area contributed by atoms with Crippen LogP contribution in [0.2, 0.25) is 0 Å². The van der Waals surface area contributed by atoms with Crippen molar-refractivity contribution in [3.63, 3.8) is 0 Å². The summed E-state index contributed by atoms with van der Waals surface area (Å²) in [5.41, 5.74) is 0.149.